The van der Waals surface area contributed by atoms with Crippen molar-refractivity contribution in [2.24, 2.45) is 0 Å². The number of hydrogen-bond acceptors (Lipinski definition) is 3. The van der Waals surface area contributed by atoms with Crippen LogP contribution < -0.4 is 4.74 Å². The van der Waals surface area contributed by atoms with Gasteiger partial charge in [0.1, 0.15) is 12.4 Å². The van der Waals surface area contributed by atoms with Crippen LogP contribution in [-0.4, -0.2) is 10.8 Å². The minimum Gasteiger partial charge on any atom is -0.487 e. The molecule has 2 aromatic rings. The minimum absolute atomic E-state index is 0.00150. The summed E-state index contributed by atoms with van der Waals surface area (Å²) in [4.78, 5) is 15.5. The van der Waals surface area contributed by atoms with E-state index in [2.05, 4.69) is 4.98 Å². The van der Waals surface area contributed by atoms with E-state index in [0.717, 1.165) is 5.69 Å². The van der Waals surface area contributed by atoms with Crippen LogP contribution in [0.3, 0.4) is 0 Å². The zero-order chi connectivity index (χ0) is 12.1. The number of para-hydroxylation sites is 1. The van der Waals surface area contributed by atoms with E-state index in [-0.39, 0.29) is 5.78 Å². The number of ether oxygens (including phenoxy) is 1. The number of carbonyl (C=O) groups excluding carboxylic acids is 1. The maximum absolute atomic E-state index is 11.4. The summed E-state index contributed by atoms with van der Waals surface area (Å²) in [6.45, 7) is 1.90. The number of Topliss-reactive ketones (excluding diaryl/α,β-unsaturated/α-hetero) is 1. The average Bonchev–Trinajstić information content (AvgIpc) is 2.38. The topological polar surface area (TPSA) is 39.2 Å². The predicted octanol–water partition coefficient (Wildman–Crippen LogP) is 2.86. The fraction of sp³-hybridized carbons (Fsp3) is 0.143. The fourth-order valence-corrected chi connectivity index (χ4v) is 1.52. The summed E-state index contributed by atoms with van der Waals surface area (Å²) in [6.07, 6.45) is 1.72. The first-order valence-corrected chi connectivity index (χ1v) is 5.40. The van der Waals surface area contributed by atoms with E-state index in [0.29, 0.717) is 17.9 Å². The third kappa shape index (κ3) is 2.91. The summed E-state index contributed by atoms with van der Waals surface area (Å²) in [6, 6.07) is 12.9. The van der Waals surface area contributed by atoms with Gasteiger partial charge in [0.15, 0.2) is 5.78 Å². The Bertz CT molecular complexity index is 509. The molecule has 0 saturated carbocycles. The van der Waals surface area contributed by atoms with Crippen molar-refractivity contribution in [3.05, 3.63) is 59.9 Å². The van der Waals surface area contributed by atoms with Gasteiger partial charge in [0, 0.05) is 6.20 Å². The second-order valence-corrected chi connectivity index (χ2v) is 3.66. The Morgan fingerprint density at radius 2 is 1.94 bits per heavy atom. The molecule has 0 spiro atoms. The van der Waals surface area contributed by atoms with Gasteiger partial charge in [0.2, 0.25) is 0 Å². The zero-order valence-electron chi connectivity index (χ0n) is 9.59. The van der Waals surface area contributed by atoms with Crippen molar-refractivity contribution in [2.75, 3.05) is 0 Å². The van der Waals surface area contributed by atoms with Gasteiger partial charge in [-0.2, -0.15) is 0 Å². The van der Waals surface area contributed by atoms with Crippen molar-refractivity contribution in [1.82, 2.24) is 4.98 Å². The first-order chi connectivity index (χ1) is 8.27. The quantitative estimate of drug-likeness (QED) is 0.754. The molecule has 86 valence electrons. The smallest absolute Gasteiger partial charge is 0.163 e. The first kappa shape index (κ1) is 11.3. The number of nitrogens with zero attached hydrogens (tertiary/aromatic N) is 1. The highest BCUT2D eigenvalue weighted by Crippen LogP contribution is 2.19. The van der Waals surface area contributed by atoms with Crippen LogP contribution in [0.2, 0.25) is 0 Å². The molecule has 2 rings (SSSR count). The Labute approximate surface area is 100 Å². The SMILES string of the molecule is CC(=O)c1ccccc1OCc1ccccn1. The first-order valence-electron chi connectivity index (χ1n) is 5.40. The lowest BCUT2D eigenvalue weighted by Crippen LogP contribution is -2.02. The van der Waals surface area contributed by atoms with Gasteiger partial charge >= 0.3 is 0 Å². The average molecular weight is 227 g/mol. The molecule has 1 heterocycles. The highest BCUT2D eigenvalue weighted by atomic mass is 16.5. The van der Waals surface area contributed by atoms with Gasteiger partial charge in [-0.15, -0.1) is 0 Å². The highest BCUT2D eigenvalue weighted by Gasteiger charge is 2.07. The lowest BCUT2D eigenvalue weighted by molar-refractivity contribution is 0.101. The van der Waals surface area contributed by atoms with Crippen molar-refractivity contribution in [2.45, 2.75) is 13.5 Å². The van der Waals surface area contributed by atoms with Crippen LogP contribution in [0.4, 0.5) is 0 Å². The van der Waals surface area contributed by atoms with Crippen LogP contribution >= 0.6 is 0 Å². The molecule has 0 fully saturated rings. The maximum Gasteiger partial charge on any atom is 0.163 e. The van der Waals surface area contributed by atoms with Crippen molar-refractivity contribution in [3.63, 3.8) is 0 Å². The van der Waals surface area contributed by atoms with E-state index in [1.165, 1.54) is 6.92 Å². The third-order valence-corrected chi connectivity index (χ3v) is 2.37. The van der Waals surface area contributed by atoms with Crippen LogP contribution in [0.5, 0.6) is 5.75 Å². The summed E-state index contributed by atoms with van der Waals surface area (Å²) >= 11 is 0. The molecular formula is C14H13NO2. The van der Waals surface area contributed by atoms with Gasteiger partial charge in [0.25, 0.3) is 0 Å². The Morgan fingerprint density at radius 1 is 1.18 bits per heavy atom. The number of benzene rings is 1. The molecule has 1 aromatic carbocycles. The van der Waals surface area contributed by atoms with E-state index < -0.39 is 0 Å². The molecule has 1 aromatic heterocycles. The fourth-order valence-electron chi connectivity index (χ4n) is 1.52. The van der Waals surface area contributed by atoms with E-state index in [4.69, 9.17) is 4.74 Å². The third-order valence-electron chi connectivity index (χ3n) is 2.37. The number of rotatable bonds is 4. The summed E-state index contributed by atoms with van der Waals surface area (Å²) in [5.41, 5.74) is 1.44. The maximum atomic E-state index is 11.4. The minimum atomic E-state index is 0.00150. The van der Waals surface area contributed by atoms with E-state index in [1.807, 2.05) is 30.3 Å². The highest BCUT2D eigenvalue weighted by molar-refractivity contribution is 5.96. The van der Waals surface area contributed by atoms with Crippen molar-refractivity contribution >= 4 is 5.78 Å². The van der Waals surface area contributed by atoms with Gasteiger partial charge in [0.05, 0.1) is 11.3 Å². The largest absolute Gasteiger partial charge is 0.487 e. The summed E-state index contributed by atoms with van der Waals surface area (Å²) < 4.78 is 5.60. The molecule has 17 heavy (non-hydrogen) atoms. The number of ketones is 1. The van der Waals surface area contributed by atoms with Gasteiger partial charge in [-0.3, -0.25) is 9.78 Å². The summed E-state index contributed by atoms with van der Waals surface area (Å²) in [5, 5.41) is 0. The predicted molar refractivity (Wildman–Crippen MR) is 65.0 cm³/mol. The normalized spacial score (nSPS) is 9.94. The van der Waals surface area contributed by atoms with Crippen LogP contribution in [0.15, 0.2) is 48.7 Å². The number of carbonyl (C=O) groups is 1. The molecule has 3 heteroatoms. The molecule has 0 atom stereocenters. The molecular weight excluding hydrogens is 214 g/mol. The van der Waals surface area contributed by atoms with Crippen LogP contribution in [0.25, 0.3) is 0 Å². The Morgan fingerprint density at radius 3 is 2.65 bits per heavy atom. The number of hydrogen-bond donors (Lipinski definition) is 0. The molecule has 0 unspecified atom stereocenters. The Kier molecular flexibility index (Phi) is 3.50. The molecule has 0 aliphatic carbocycles. The molecule has 0 amide bonds. The van der Waals surface area contributed by atoms with E-state index in [9.17, 15) is 4.79 Å². The van der Waals surface area contributed by atoms with Gasteiger partial charge < -0.3 is 4.74 Å². The van der Waals surface area contributed by atoms with Gasteiger partial charge in [-0.1, -0.05) is 18.2 Å². The van der Waals surface area contributed by atoms with Crippen LogP contribution in [0.1, 0.15) is 23.0 Å². The van der Waals surface area contributed by atoms with Crippen molar-refractivity contribution < 1.29 is 9.53 Å². The van der Waals surface area contributed by atoms with Crippen LogP contribution in [-0.2, 0) is 6.61 Å². The Hall–Kier alpha value is -2.16. The molecule has 0 saturated heterocycles. The lowest BCUT2D eigenvalue weighted by atomic mass is 10.1. The van der Waals surface area contributed by atoms with Crippen molar-refractivity contribution in [1.29, 1.82) is 0 Å². The van der Waals surface area contributed by atoms with E-state index in [1.54, 1.807) is 18.3 Å². The van der Waals surface area contributed by atoms with Gasteiger partial charge in [-0.25, -0.2) is 0 Å². The number of pyridine rings is 1. The second kappa shape index (κ2) is 5.25. The molecule has 0 N–H and O–H groups in total. The van der Waals surface area contributed by atoms with Crippen LogP contribution in [0, 0.1) is 0 Å². The Balaban J connectivity index is 2.12. The summed E-state index contributed by atoms with van der Waals surface area (Å²) in [7, 11) is 0. The molecule has 0 bridgehead atoms. The molecule has 0 radical (unpaired) electrons. The summed E-state index contributed by atoms with van der Waals surface area (Å²) in [5.74, 6) is 0.604. The van der Waals surface area contributed by atoms with Crippen molar-refractivity contribution in [3.8, 4) is 5.75 Å². The van der Waals surface area contributed by atoms with Gasteiger partial charge in [-0.05, 0) is 31.2 Å². The number of aromatic nitrogens is 1. The standard InChI is InChI=1S/C14H13NO2/c1-11(16)13-7-2-3-8-14(13)17-10-12-6-4-5-9-15-12/h2-9H,10H2,1H3. The second-order valence-electron chi connectivity index (χ2n) is 3.66. The lowest BCUT2D eigenvalue weighted by Gasteiger charge is -2.08. The zero-order valence-corrected chi connectivity index (χ0v) is 9.59. The van der Waals surface area contributed by atoms with E-state index >= 15 is 0 Å². The molecule has 0 aliphatic rings. The monoisotopic (exact) mass is 227 g/mol. The molecule has 0 aliphatic heterocycles. The molecule has 3 nitrogen and oxygen atoms in total.